The Labute approximate surface area is 219 Å². The molecule has 4 rings (SSSR count). The van der Waals surface area contributed by atoms with Crippen LogP contribution in [-0.4, -0.2) is 52.8 Å². The number of carbonyl (C=O) groups is 1. The molecule has 0 amide bonds. The van der Waals surface area contributed by atoms with Gasteiger partial charge in [-0.25, -0.2) is 0 Å². The molecule has 2 aromatic carbocycles. The van der Waals surface area contributed by atoms with Crippen LogP contribution < -0.4 is 4.74 Å². The number of aliphatic carboxylic acids is 1. The summed E-state index contributed by atoms with van der Waals surface area (Å²) in [6.45, 7) is 4.52. The number of aromatic nitrogens is 1. The van der Waals surface area contributed by atoms with Crippen LogP contribution in [0.15, 0.2) is 54.7 Å². The molecule has 0 unspecified atom stereocenters. The maximum absolute atomic E-state index is 11.3. The van der Waals surface area contributed by atoms with Crippen molar-refractivity contribution in [2.24, 2.45) is 11.8 Å². The van der Waals surface area contributed by atoms with E-state index >= 15 is 0 Å². The predicted molar refractivity (Wildman–Crippen MR) is 145 cm³/mol. The molecule has 1 saturated heterocycles. The first-order valence-corrected chi connectivity index (χ1v) is 13.0. The zero-order chi connectivity index (χ0) is 26.2. The molecule has 1 fully saturated rings. The number of hydrogen-bond acceptors (Lipinski definition) is 5. The number of aliphatic hydroxyl groups excluding tert-OH is 1. The first kappa shape index (κ1) is 26.7. The second kappa shape index (κ2) is 12.7. The molecule has 1 aliphatic heterocycles. The number of aliphatic hydroxyl groups is 1. The lowest BCUT2D eigenvalue weighted by Crippen LogP contribution is -2.41. The molecule has 0 aliphatic carbocycles. The molecule has 0 radical (unpaired) electrons. The fourth-order valence-electron chi connectivity index (χ4n) is 5.37. The minimum absolute atomic E-state index is 0.168. The van der Waals surface area contributed by atoms with E-state index in [9.17, 15) is 15.0 Å². The number of aryl methyl sites for hydroxylation is 1. The first-order chi connectivity index (χ1) is 17.9. The highest BCUT2D eigenvalue weighted by molar-refractivity contribution is 5.83. The Morgan fingerprint density at radius 1 is 1.19 bits per heavy atom. The largest absolute Gasteiger partial charge is 0.497 e. The van der Waals surface area contributed by atoms with E-state index in [0.717, 1.165) is 53.7 Å². The Balaban J connectivity index is 1.40. The Hall–Kier alpha value is -3.40. The fourth-order valence-corrected chi connectivity index (χ4v) is 5.37. The molecule has 2 N–H and O–H groups in total. The van der Waals surface area contributed by atoms with Gasteiger partial charge in [0.25, 0.3) is 0 Å². The maximum Gasteiger partial charge on any atom is 0.303 e. The highest BCUT2D eigenvalue weighted by Crippen LogP contribution is 2.35. The van der Waals surface area contributed by atoms with Gasteiger partial charge in [0.05, 0.1) is 25.3 Å². The Kier molecular flexibility index (Phi) is 9.16. The van der Waals surface area contributed by atoms with Crippen LogP contribution in [0.3, 0.4) is 0 Å². The van der Waals surface area contributed by atoms with E-state index in [-0.39, 0.29) is 12.3 Å². The summed E-state index contributed by atoms with van der Waals surface area (Å²) in [5, 5.41) is 21.3. The SMILES string of the molecule is COc1ccc2nccc([C@H](O)CC[C@@H]3CCN(CC#Cc4ccccc4C)C[C@H]3CCC(=O)O)c2c1. The zero-order valence-electron chi connectivity index (χ0n) is 21.7. The molecule has 0 spiro atoms. The molecular formula is C31H36N2O4. The van der Waals surface area contributed by atoms with Crippen LogP contribution in [0.25, 0.3) is 10.9 Å². The monoisotopic (exact) mass is 500 g/mol. The summed E-state index contributed by atoms with van der Waals surface area (Å²) in [6.07, 6.45) is 4.39. The second-order valence-electron chi connectivity index (χ2n) is 9.97. The number of benzene rings is 2. The van der Waals surface area contributed by atoms with Crippen LogP contribution in [0.1, 0.15) is 54.9 Å². The molecule has 0 bridgehead atoms. The third kappa shape index (κ3) is 7.09. The third-order valence-corrected chi connectivity index (χ3v) is 7.53. The molecule has 1 aromatic heterocycles. The van der Waals surface area contributed by atoms with Gasteiger partial charge in [0, 0.05) is 30.1 Å². The average Bonchev–Trinajstić information content (AvgIpc) is 2.91. The molecule has 2 heterocycles. The van der Waals surface area contributed by atoms with Crippen LogP contribution in [-0.2, 0) is 4.79 Å². The highest BCUT2D eigenvalue weighted by Gasteiger charge is 2.30. The van der Waals surface area contributed by atoms with Crippen molar-refractivity contribution >= 4 is 16.9 Å². The predicted octanol–water partition coefficient (Wildman–Crippen LogP) is 5.22. The molecule has 6 nitrogen and oxygen atoms in total. The van der Waals surface area contributed by atoms with Crippen LogP contribution in [0.2, 0.25) is 0 Å². The van der Waals surface area contributed by atoms with Gasteiger partial charge in [0.2, 0.25) is 0 Å². The second-order valence-corrected chi connectivity index (χ2v) is 9.97. The van der Waals surface area contributed by atoms with E-state index in [1.807, 2.05) is 42.5 Å². The van der Waals surface area contributed by atoms with E-state index in [1.54, 1.807) is 13.3 Å². The van der Waals surface area contributed by atoms with Crippen LogP contribution in [0.5, 0.6) is 5.75 Å². The number of rotatable bonds is 9. The van der Waals surface area contributed by atoms with Gasteiger partial charge in [0.1, 0.15) is 5.75 Å². The third-order valence-electron chi connectivity index (χ3n) is 7.53. The van der Waals surface area contributed by atoms with E-state index in [1.165, 1.54) is 5.56 Å². The number of carboxylic acid groups (broad SMARTS) is 1. The van der Waals surface area contributed by atoms with E-state index in [4.69, 9.17) is 4.74 Å². The van der Waals surface area contributed by atoms with Crippen LogP contribution >= 0.6 is 0 Å². The minimum atomic E-state index is -0.757. The van der Waals surface area contributed by atoms with E-state index < -0.39 is 12.1 Å². The van der Waals surface area contributed by atoms with Crippen LogP contribution in [0.4, 0.5) is 0 Å². The summed E-state index contributed by atoms with van der Waals surface area (Å²) in [7, 11) is 1.63. The van der Waals surface area contributed by atoms with E-state index in [0.29, 0.717) is 25.3 Å². The first-order valence-electron chi connectivity index (χ1n) is 13.0. The van der Waals surface area contributed by atoms with Gasteiger partial charge in [-0.2, -0.15) is 0 Å². The van der Waals surface area contributed by atoms with Crippen LogP contribution in [0, 0.1) is 30.6 Å². The number of hydrogen-bond donors (Lipinski definition) is 2. The normalized spacial score (nSPS) is 18.7. The van der Waals surface area contributed by atoms with Gasteiger partial charge in [-0.15, -0.1) is 0 Å². The topological polar surface area (TPSA) is 82.9 Å². The summed E-state index contributed by atoms with van der Waals surface area (Å²) in [6, 6.07) is 15.7. The van der Waals surface area contributed by atoms with Gasteiger partial charge >= 0.3 is 5.97 Å². The fraction of sp³-hybridized carbons (Fsp3) is 0.419. The number of pyridine rings is 1. The number of fused-ring (bicyclic) bond motifs is 1. The Morgan fingerprint density at radius 3 is 2.81 bits per heavy atom. The van der Waals surface area contributed by atoms with Gasteiger partial charge < -0.3 is 14.9 Å². The van der Waals surface area contributed by atoms with Crippen molar-refractivity contribution in [3.05, 3.63) is 71.4 Å². The minimum Gasteiger partial charge on any atom is -0.497 e. The number of ether oxygens (including phenoxy) is 1. The van der Waals surface area contributed by atoms with Gasteiger partial charge in [0.15, 0.2) is 0 Å². The lowest BCUT2D eigenvalue weighted by atomic mass is 9.79. The standard InChI is InChI=1S/C31H36N2O4/c1-22-6-3-4-7-23(22)8-5-18-33-19-16-24(25(21-33)10-14-31(35)36)9-13-30(34)27-15-17-32-29-12-11-26(37-2)20-28(27)29/h3-4,6-7,11-12,15,17,20,24-25,30,34H,9-10,13-14,16,18-19,21H2,1-2H3,(H,35,36)/t24-,25-,30-/m1/s1. The van der Waals surface area contributed by atoms with Crippen molar-refractivity contribution in [3.63, 3.8) is 0 Å². The number of likely N-dealkylation sites (tertiary alicyclic amines) is 1. The molecule has 6 heteroatoms. The smallest absolute Gasteiger partial charge is 0.303 e. The zero-order valence-corrected chi connectivity index (χ0v) is 21.7. The van der Waals surface area contributed by atoms with Crippen molar-refractivity contribution in [2.75, 3.05) is 26.7 Å². The summed E-state index contributed by atoms with van der Waals surface area (Å²) in [4.78, 5) is 18.1. The highest BCUT2D eigenvalue weighted by atomic mass is 16.5. The Bertz CT molecular complexity index is 1280. The molecule has 1 aliphatic rings. The van der Waals surface area contributed by atoms with E-state index in [2.05, 4.69) is 34.7 Å². The van der Waals surface area contributed by atoms with Crippen molar-refractivity contribution in [1.82, 2.24) is 9.88 Å². The Morgan fingerprint density at radius 2 is 2.03 bits per heavy atom. The quantitative estimate of drug-likeness (QED) is 0.392. The van der Waals surface area contributed by atoms with Crippen molar-refractivity contribution in [1.29, 1.82) is 0 Å². The summed E-state index contributed by atoms with van der Waals surface area (Å²) >= 11 is 0. The van der Waals surface area contributed by atoms with Crippen molar-refractivity contribution in [3.8, 4) is 17.6 Å². The van der Waals surface area contributed by atoms with Gasteiger partial charge in [-0.3, -0.25) is 14.7 Å². The number of carboxylic acids is 1. The average molecular weight is 501 g/mol. The number of nitrogens with zero attached hydrogens (tertiary/aromatic N) is 2. The molecule has 37 heavy (non-hydrogen) atoms. The lowest BCUT2D eigenvalue weighted by Gasteiger charge is -2.38. The summed E-state index contributed by atoms with van der Waals surface area (Å²) < 4.78 is 5.37. The molecule has 0 saturated carbocycles. The summed E-state index contributed by atoms with van der Waals surface area (Å²) in [5.74, 6) is 7.22. The molecular weight excluding hydrogens is 464 g/mol. The molecule has 3 aromatic rings. The van der Waals surface area contributed by atoms with Crippen molar-refractivity contribution < 1.29 is 19.7 Å². The number of piperidine rings is 1. The number of methoxy groups -OCH3 is 1. The molecule has 194 valence electrons. The molecule has 3 atom stereocenters. The van der Waals surface area contributed by atoms with Crippen molar-refractivity contribution in [2.45, 2.75) is 45.1 Å². The van der Waals surface area contributed by atoms with Gasteiger partial charge in [-0.05, 0) is 92.4 Å². The lowest BCUT2D eigenvalue weighted by molar-refractivity contribution is -0.137. The van der Waals surface area contributed by atoms with Gasteiger partial charge in [-0.1, -0.05) is 30.0 Å². The summed E-state index contributed by atoms with van der Waals surface area (Å²) in [5.41, 5.74) is 3.91. The maximum atomic E-state index is 11.3.